The quantitative estimate of drug-likeness (QED) is 0.419. The fraction of sp³-hybridized carbons (Fsp3) is 0.160. The van der Waals surface area contributed by atoms with Crippen LogP contribution in [0.1, 0.15) is 22.3 Å². The number of aryl methyl sites for hydroxylation is 1. The summed E-state index contributed by atoms with van der Waals surface area (Å²) in [5, 5.41) is 4.91. The molecule has 0 spiro atoms. The zero-order chi connectivity index (χ0) is 22.3. The molecule has 0 fully saturated rings. The van der Waals surface area contributed by atoms with Crippen molar-refractivity contribution in [2.45, 2.75) is 19.6 Å². The highest BCUT2D eigenvalue weighted by molar-refractivity contribution is 5.94. The number of amides is 1. The normalized spacial score (nSPS) is 10.7. The SMILES string of the molecule is COc1ccc2cc(COC(=O)c3cccc(NC(=O)CCn4ccnc4)c3)ccc2c1. The van der Waals surface area contributed by atoms with Crippen LogP contribution in [-0.2, 0) is 22.7 Å². The molecule has 0 saturated carbocycles. The summed E-state index contributed by atoms with van der Waals surface area (Å²) in [6.45, 7) is 0.689. The van der Waals surface area contributed by atoms with Gasteiger partial charge in [-0.3, -0.25) is 4.79 Å². The lowest BCUT2D eigenvalue weighted by Gasteiger charge is -2.09. The second-order valence-electron chi connectivity index (χ2n) is 7.30. The van der Waals surface area contributed by atoms with Crippen molar-refractivity contribution in [1.29, 1.82) is 0 Å². The fourth-order valence-electron chi connectivity index (χ4n) is 3.32. The third-order valence-electron chi connectivity index (χ3n) is 5.02. The molecule has 0 radical (unpaired) electrons. The number of rotatable bonds is 8. The Hall–Kier alpha value is -4.13. The molecular weight excluding hydrogens is 406 g/mol. The van der Waals surface area contributed by atoms with Gasteiger partial charge in [-0.25, -0.2) is 9.78 Å². The van der Waals surface area contributed by atoms with Crippen LogP contribution < -0.4 is 10.1 Å². The van der Waals surface area contributed by atoms with Crippen LogP contribution in [0.5, 0.6) is 5.75 Å². The van der Waals surface area contributed by atoms with Crippen LogP contribution in [0.2, 0.25) is 0 Å². The summed E-state index contributed by atoms with van der Waals surface area (Å²) in [5.74, 6) is 0.205. The molecule has 4 aromatic rings. The number of esters is 1. The van der Waals surface area contributed by atoms with E-state index in [1.54, 1.807) is 50.1 Å². The molecule has 0 aliphatic heterocycles. The molecule has 32 heavy (non-hydrogen) atoms. The molecule has 1 N–H and O–H groups in total. The third kappa shape index (κ3) is 5.31. The lowest BCUT2D eigenvalue weighted by molar-refractivity contribution is -0.116. The minimum atomic E-state index is -0.450. The largest absolute Gasteiger partial charge is 0.497 e. The van der Waals surface area contributed by atoms with Crippen LogP contribution in [-0.4, -0.2) is 28.5 Å². The van der Waals surface area contributed by atoms with Crippen molar-refractivity contribution in [3.8, 4) is 5.75 Å². The molecule has 0 atom stereocenters. The van der Waals surface area contributed by atoms with Crippen LogP contribution in [0.3, 0.4) is 0 Å². The monoisotopic (exact) mass is 429 g/mol. The molecule has 7 heteroatoms. The average molecular weight is 429 g/mol. The predicted molar refractivity (Wildman–Crippen MR) is 122 cm³/mol. The van der Waals surface area contributed by atoms with Gasteiger partial charge >= 0.3 is 5.97 Å². The number of hydrogen-bond acceptors (Lipinski definition) is 5. The first-order valence-corrected chi connectivity index (χ1v) is 10.2. The van der Waals surface area contributed by atoms with E-state index in [4.69, 9.17) is 9.47 Å². The summed E-state index contributed by atoms with van der Waals surface area (Å²) in [6.07, 6.45) is 5.44. The zero-order valence-electron chi connectivity index (χ0n) is 17.7. The molecule has 7 nitrogen and oxygen atoms in total. The molecule has 3 aromatic carbocycles. The van der Waals surface area contributed by atoms with Crippen LogP contribution in [0.25, 0.3) is 10.8 Å². The number of hydrogen-bond donors (Lipinski definition) is 1. The molecule has 1 amide bonds. The van der Waals surface area contributed by atoms with E-state index < -0.39 is 5.97 Å². The van der Waals surface area contributed by atoms with E-state index in [1.807, 2.05) is 41.0 Å². The number of imidazole rings is 1. The number of nitrogens with zero attached hydrogens (tertiary/aromatic N) is 2. The number of carbonyl (C=O) groups excluding carboxylic acids is 2. The van der Waals surface area contributed by atoms with Crippen molar-refractivity contribution in [2.24, 2.45) is 0 Å². The van der Waals surface area contributed by atoms with Gasteiger partial charge < -0.3 is 19.4 Å². The number of ether oxygens (including phenoxy) is 2. The minimum absolute atomic E-state index is 0.142. The molecular formula is C25H23N3O4. The highest BCUT2D eigenvalue weighted by Gasteiger charge is 2.10. The maximum atomic E-state index is 12.5. The average Bonchev–Trinajstić information content (AvgIpc) is 3.34. The number of benzene rings is 3. The Balaban J connectivity index is 1.34. The number of carbonyl (C=O) groups is 2. The van der Waals surface area contributed by atoms with Gasteiger partial charge in [0.2, 0.25) is 5.91 Å². The number of anilines is 1. The first kappa shape index (κ1) is 21.1. The van der Waals surface area contributed by atoms with Crippen molar-refractivity contribution in [2.75, 3.05) is 12.4 Å². The zero-order valence-corrected chi connectivity index (χ0v) is 17.7. The summed E-state index contributed by atoms with van der Waals surface area (Å²) >= 11 is 0. The van der Waals surface area contributed by atoms with Crippen molar-refractivity contribution in [1.82, 2.24) is 9.55 Å². The van der Waals surface area contributed by atoms with E-state index in [9.17, 15) is 9.59 Å². The molecule has 0 aliphatic rings. The summed E-state index contributed by atoms with van der Waals surface area (Å²) < 4.78 is 12.6. The minimum Gasteiger partial charge on any atom is -0.497 e. The standard InChI is InChI=1S/C25H23N3O4/c1-31-23-8-7-19-13-18(5-6-20(19)15-23)16-32-25(30)21-3-2-4-22(14-21)27-24(29)9-11-28-12-10-26-17-28/h2-8,10,12-15,17H,9,11,16H2,1H3,(H,27,29). The van der Waals surface area contributed by atoms with Gasteiger partial charge in [-0.2, -0.15) is 0 Å². The summed E-state index contributed by atoms with van der Waals surface area (Å²) in [4.78, 5) is 28.7. The Kier molecular flexibility index (Phi) is 6.46. The Morgan fingerprint density at radius 2 is 1.88 bits per heavy atom. The number of aromatic nitrogens is 2. The number of fused-ring (bicyclic) bond motifs is 1. The van der Waals surface area contributed by atoms with Crippen LogP contribution in [0.4, 0.5) is 5.69 Å². The van der Waals surface area contributed by atoms with Crippen molar-refractivity contribution in [3.63, 3.8) is 0 Å². The van der Waals surface area contributed by atoms with Gasteiger partial charge in [0.05, 0.1) is 19.0 Å². The molecule has 1 aromatic heterocycles. The van der Waals surface area contributed by atoms with Crippen LogP contribution >= 0.6 is 0 Å². The van der Waals surface area contributed by atoms with Gasteiger partial charge in [-0.05, 0) is 52.7 Å². The highest BCUT2D eigenvalue weighted by Crippen LogP contribution is 2.22. The topological polar surface area (TPSA) is 82.5 Å². The van der Waals surface area contributed by atoms with E-state index in [1.165, 1.54) is 0 Å². The van der Waals surface area contributed by atoms with Gasteiger partial charge in [-0.15, -0.1) is 0 Å². The van der Waals surface area contributed by atoms with Crippen LogP contribution in [0, 0.1) is 0 Å². The lowest BCUT2D eigenvalue weighted by Crippen LogP contribution is -2.14. The molecule has 0 saturated heterocycles. The van der Waals surface area contributed by atoms with Crippen molar-refractivity contribution < 1.29 is 19.1 Å². The summed E-state index contributed by atoms with van der Waals surface area (Å²) in [6, 6.07) is 18.4. The fourth-order valence-corrected chi connectivity index (χ4v) is 3.32. The van der Waals surface area contributed by atoms with E-state index >= 15 is 0 Å². The first-order valence-electron chi connectivity index (χ1n) is 10.2. The van der Waals surface area contributed by atoms with Gasteiger partial charge in [0, 0.05) is 31.0 Å². The van der Waals surface area contributed by atoms with Crippen molar-refractivity contribution >= 4 is 28.3 Å². The summed E-state index contributed by atoms with van der Waals surface area (Å²) in [5.41, 5.74) is 1.82. The molecule has 1 heterocycles. The Bertz CT molecular complexity index is 1240. The Labute approximate surface area is 185 Å². The number of methoxy groups -OCH3 is 1. The van der Waals surface area contributed by atoms with Crippen LogP contribution in [0.15, 0.2) is 79.4 Å². The molecule has 4 rings (SSSR count). The Morgan fingerprint density at radius 1 is 1.03 bits per heavy atom. The molecule has 0 unspecified atom stereocenters. The van der Waals surface area contributed by atoms with Gasteiger partial charge in [0.1, 0.15) is 12.4 Å². The predicted octanol–water partition coefficient (Wildman–Crippen LogP) is 4.43. The molecule has 0 aliphatic carbocycles. The second kappa shape index (κ2) is 9.78. The molecule has 162 valence electrons. The van der Waals surface area contributed by atoms with Gasteiger partial charge in [0.15, 0.2) is 0 Å². The van der Waals surface area contributed by atoms with E-state index in [2.05, 4.69) is 10.3 Å². The van der Waals surface area contributed by atoms with Gasteiger partial charge in [0.25, 0.3) is 0 Å². The van der Waals surface area contributed by atoms with Crippen molar-refractivity contribution in [3.05, 3.63) is 90.5 Å². The highest BCUT2D eigenvalue weighted by atomic mass is 16.5. The van der Waals surface area contributed by atoms with Gasteiger partial charge in [-0.1, -0.05) is 24.3 Å². The third-order valence-corrected chi connectivity index (χ3v) is 5.02. The first-order chi connectivity index (χ1) is 15.6. The lowest BCUT2D eigenvalue weighted by atomic mass is 10.1. The number of nitrogens with one attached hydrogen (secondary N) is 1. The van der Waals surface area contributed by atoms with E-state index in [0.717, 1.165) is 22.1 Å². The summed E-state index contributed by atoms with van der Waals surface area (Å²) in [7, 11) is 1.64. The maximum absolute atomic E-state index is 12.5. The molecule has 0 bridgehead atoms. The van der Waals surface area contributed by atoms with E-state index in [0.29, 0.717) is 24.2 Å². The Morgan fingerprint density at radius 3 is 2.69 bits per heavy atom. The van der Waals surface area contributed by atoms with E-state index in [-0.39, 0.29) is 12.5 Å². The second-order valence-corrected chi connectivity index (χ2v) is 7.30. The maximum Gasteiger partial charge on any atom is 0.338 e. The smallest absolute Gasteiger partial charge is 0.338 e.